The highest BCUT2D eigenvalue weighted by Crippen LogP contribution is 2.26. The van der Waals surface area contributed by atoms with E-state index in [1.165, 1.54) is 11.3 Å². The number of aliphatic hydroxyl groups is 1. The van der Waals surface area contributed by atoms with Gasteiger partial charge in [-0.05, 0) is 12.5 Å². The molecule has 0 spiro atoms. The Morgan fingerprint density at radius 3 is 2.58 bits per heavy atom. The van der Waals surface area contributed by atoms with Crippen LogP contribution in [0.5, 0.6) is 0 Å². The zero-order valence-corrected chi connectivity index (χ0v) is 15.3. The molecule has 24 heavy (non-hydrogen) atoms. The maximum absolute atomic E-state index is 10.4. The largest absolute Gasteiger partial charge is 0.391 e. The molecule has 0 saturated carbocycles. The van der Waals surface area contributed by atoms with Crippen molar-refractivity contribution in [2.45, 2.75) is 51.7 Å². The van der Waals surface area contributed by atoms with Crippen LogP contribution < -0.4 is 5.32 Å². The van der Waals surface area contributed by atoms with Crippen molar-refractivity contribution in [3.63, 3.8) is 0 Å². The second-order valence-corrected chi connectivity index (χ2v) is 8.16. The zero-order chi connectivity index (χ0) is 17.3. The first-order valence-corrected chi connectivity index (χ1v) is 9.00. The van der Waals surface area contributed by atoms with E-state index in [1.54, 1.807) is 0 Å². The molecule has 0 aliphatic rings. The first-order chi connectivity index (χ1) is 11.3. The third-order valence-corrected chi connectivity index (χ3v) is 4.88. The van der Waals surface area contributed by atoms with E-state index < -0.39 is 6.10 Å². The summed E-state index contributed by atoms with van der Waals surface area (Å²) in [5.41, 5.74) is 2.17. The van der Waals surface area contributed by atoms with Gasteiger partial charge in [0.25, 0.3) is 0 Å². The fourth-order valence-corrected chi connectivity index (χ4v) is 3.32. The molecule has 0 amide bonds. The lowest BCUT2D eigenvalue weighted by Crippen LogP contribution is -2.32. The van der Waals surface area contributed by atoms with Gasteiger partial charge in [0.15, 0.2) is 0 Å². The van der Waals surface area contributed by atoms with E-state index >= 15 is 0 Å². The summed E-state index contributed by atoms with van der Waals surface area (Å²) < 4.78 is 1.81. The van der Waals surface area contributed by atoms with Gasteiger partial charge in [0.1, 0.15) is 0 Å². The van der Waals surface area contributed by atoms with E-state index in [4.69, 9.17) is 0 Å². The molecule has 3 rings (SSSR count). The van der Waals surface area contributed by atoms with E-state index in [-0.39, 0.29) is 11.5 Å². The SMILES string of the molecule is CC(Nc1nn2cc(C(C)(C)C)nc2s1)C(O)Cc1ccccc1. The summed E-state index contributed by atoms with van der Waals surface area (Å²) in [5.74, 6) is 0. The van der Waals surface area contributed by atoms with Crippen molar-refractivity contribution >= 4 is 21.4 Å². The number of hydrogen-bond donors (Lipinski definition) is 2. The van der Waals surface area contributed by atoms with Crippen LogP contribution >= 0.6 is 11.3 Å². The molecule has 0 aliphatic heterocycles. The Balaban J connectivity index is 1.66. The molecule has 0 fully saturated rings. The van der Waals surface area contributed by atoms with Gasteiger partial charge in [0.05, 0.1) is 24.0 Å². The lowest BCUT2D eigenvalue weighted by Gasteiger charge is -2.19. The summed E-state index contributed by atoms with van der Waals surface area (Å²) in [6.45, 7) is 8.39. The zero-order valence-electron chi connectivity index (χ0n) is 14.5. The monoisotopic (exact) mass is 344 g/mol. The van der Waals surface area contributed by atoms with Crippen molar-refractivity contribution < 1.29 is 5.11 Å². The Kier molecular flexibility index (Phi) is 4.60. The number of fused-ring (bicyclic) bond motifs is 1. The molecular formula is C18H24N4OS. The minimum absolute atomic E-state index is 0.0141. The third kappa shape index (κ3) is 3.76. The lowest BCUT2D eigenvalue weighted by molar-refractivity contribution is 0.158. The highest BCUT2D eigenvalue weighted by atomic mass is 32.1. The maximum Gasteiger partial charge on any atom is 0.214 e. The lowest BCUT2D eigenvalue weighted by atomic mass is 9.93. The molecule has 2 atom stereocenters. The molecule has 128 valence electrons. The molecule has 0 aliphatic carbocycles. The fourth-order valence-electron chi connectivity index (χ4n) is 2.44. The van der Waals surface area contributed by atoms with Crippen molar-refractivity contribution in [1.29, 1.82) is 0 Å². The average Bonchev–Trinajstić information content (AvgIpc) is 3.06. The second kappa shape index (κ2) is 6.53. The van der Waals surface area contributed by atoms with Crippen molar-refractivity contribution in [3.8, 4) is 0 Å². The van der Waals surface area contributed by atoms with Crippen LogP contribution in [-0.2, 0) is 11.8 Å². The summed E-state index contributed by atoms with van der Waals surface area (Å²) >= 11 is 1.50. The first-order valence-electron chi connectivity index (χ1n) is 8.18. The molecule has 6 heteroatoms. The van der Waals surface area contributed by atoms with Gasteiger partial charge < -0.3 is 10.4 Å². The smallest absolute Gasteiger partial charge is 0.214 e. The highest BCUT2D eigenvalue weighted by Gasteiger charge is 2.21. The molecule has 3 aromatic rings. The van der Waals surface area contributed by atoms with E-state index in [0.29, 0.717) is 6.42 Å². The standard InChI is InChI=1S/C18H24N4OS/c1-12(14(23)10-13-8-6-5-7-9-13)19-16-21-22-11-15(18(2,3)4)20-17(22)24-16/h5-9,11-12,14,23H,10H2,1-4H3,(H,19,21). The predicted molar refractivity (Wildman–Crippen MR) is 98.8 cm³/mol. The molecular weight excluding hydrogens is 320 g/mol. The molecule has 2 heterocycles. The summed E-state index contributed by atoms with van der Waals surface area (Å²) in [5, 5.41) is 19.0. The van der Waals surface area contributed by atoms with Gasteiger partial charge in [-0.2, -0.15) is 0 Å². The number of imidazole rings is 1. The molecule has 5 nitrogen and oxygen atoms in total. The number of rotatable bonds is 5. The van der Waals surface area contributed by atoms with Gasteiger partial charge in [-0.3, -0.25) is 0 Å². The van der Waals surface area contributed by atoms with Gasteiger partial charge in [0.2, 0.25) is 10.1 Å². The maximum atomic E-state index is 10.4. The molecule has 0 bridgehead atoms. The topological polar surface area (TPSA) is 62.5 Å². The number of benzene rings is 1. The minimum atomic E-state index is -0.478. The molecule has 1 aromatic carbocycles. The fraction of sp³-hybridized carbons (Fsp3) is 0.444. The molecule has 2 unspecified atom stereocenters. The third-order valence-electron chi connectivity index (χ3n) is 4.03. The van der Waals surface area contributed by atoms with Crippen molar-refractivity contribution in [3.05, 3.63) is 47.8 Å². The van der Waals surface area contributed by atoms with Crippen molar-refractivity contribution in [2.24, 2.45) is 0 Å². The van der Waals surface area contributed by atoms with Crippen LogP contribution in [0.2, 0.25) is 0 Å². The van der Waals surface area contributed by atoms with Crippen LogP contribution in [-0.4, -0.2) is 31.9 Å². The van der Waals surface area contributed by atoms with Gasteiger partial charge in [0, 0.05) is 11.8 Å². The second-order valence-electron chi connectivity index (χ2n) is 7.20. The Hall–Kier alpha value is -1.92. The van der Waals surface area contributed by atoms with Crippen LogP contribution in [0.3, 0.4) is 0 Å². The summed E-state index contributed by atoms with van der Waals surface area (Å²) in [4.78, 5) is 5.51. The minimum Gasteiger partial charge on any atom is -0.391 e. The Morgan fingerprint density at radius 1 is 1.25 bits per heavy atom. The van der Waals surface area contributed by atoms with E-state index in [1.807, 2.05) is 48.0 Å². The molecule has 2 N–H and O–H groups in total. The Morgan fingerprint density at radius 2 is 1.96 bits per heavy atom. The van der Waals surface area contributed by atoms with Gasteiger partial charge in [-0.1, -0.05) is 62.4 Å². The Bertz CT molecular complexity index is 772. The van der Waals surface area contributed by atoms with E-state index in [9.17, 15) is 5.11 Å². The van der Waals surface area contributed by atoms with Gasteiger partial charge in [-0.15, -0.1) is 5.10 Å². The van der Waals surface area contributed by atoms with Crippen LogP contribution in [0, 0.1) is 0 Å². The van der Waals surface area contributed by atoms with Crippen LogP contribution in [0.15, 0.2) is 36.5 Å². The number of anilines is 1. The van der Waals surface area contributed by atoms with Crippen LogP contribution in [0.25, 0.3) is 4.96 Å². The summed E-state index contributed by atoms with van der Waals surface area (Å²) in [6.07, 6.45) is 2.11. The van der Waals surface area contributed by atoms with Gasteiger partial charge in [-0.25, -0.2) is 9.50 Å². The van der Waals surface area contributed by atoms with Gasteiger partial charge >= 0.3 is 0 Å². The highest BCUT2D eigenvalue weighted by molar-refractivity contribution is 7.20. The van der Waals surface area contributed by atoms with Crippen molar-refractivity contribution in [2.75, 3.05) is 5.32 Å². The summed E-state index contributed by atoms with van der Waals surface area (Å²) in [6, 6.07) is 9.92. The number of nitrogens with zero attached hydrogens (tertiary/aromatic N) is 3. The average molecular weight is 344 g/mol. The number of aliphatic hydroxyl groups excluding tert-OH is 1. The van der Waals surface area contributed by atoms with Crippen LogP contribution in [0.4, 0.5) is 5.13 Å². The summed E-state index contributed by atoms with van der Waals surface area (Å²) in [7, 11) is 0. The Labute approximate surface area is 146 Å². The van der Waals surface area contributed by atoms with Crippen molar-refractivity contribution in [1.82, 2.24) is 14.6 Å². The number of hydrogen-bond acceptors (Lipinski definition) is 5. The van der Waals surface area contributed by atoms with Crippen LogP contribution in [0.1, 0.15) is 39.0 Å². The molecule has 0 radical (unpaired) electrons. The quantitative estimate of drug-likeness (QED) is 0.744. The predicted octanol–water partition coefficient (Wildman–Crippen LogP) is 3.49. The van der Waals surface area contributed by atoms with E-state index in [0.717, 1.165) is 21.3 Å². The number of aromatic nitrogens is 3. The normalized spacial score (nSPS) is 14.7. The number of nitrogens with one attached hydrogen (secondary N) is 1. The first kappa shape index (κ1) is 16.9. The van der Waals surface area contributed by atoms with E-state index in [2.05, 4.69) is 36.2 Å². The molecule has 2 aromatic heterocycles. The molecule has 0 saturated heterocycles.